The van der Waals surface area contributed by atoms with Gasteiger partial charge < -0.3 is 5.32 Å². The highest BCUT2D eigenvalue weighted by Gasteiger charge is 2.34. The van der Waals surface area contributed by atoms with Crippen LogP contribution in [0.15, 0.2) is 65.6 Å². The fraction of sp³-hybridized carbons (Fsp3) is 0.429. The third-order valence-corrected chi connectivity index (χ3v) is 11.8. The molecule has 3 amide bonds. The van der Waals surface area contributed by atoms with Crippen LogP contribution in [0.25, 0.3) is 21.9 Å². The summed E-state index contributed by atoms with van der Waals surface area (Å²) in [7, 11) is 1.69. The number of nitrogens with one attached hydrogen (secondary N) is 2. The second kappa shape index (κ2) is 15.7. The summed E-state index contributed by atoms with van der Waals surface area (Å²) in [6.07, 6.45) is 5.65. The van der Waals surface area contributed by atoms with Gasteiger partial charge >= 0.3 is 11.9 Å². The molecule has 2 aliphatic heterocycles. The number of imidazole rings is 1. The molecule has 5 heterocycles. The number of pyridine rings is 1. The van der Waals surface area contributed by atoms with Crippen LogP contribution in [0.1, 0.15) is 91.6 Å². The summed E-state index contributed by atoms with van der Waals surface area (Å²) in [4.78, 5) is 56.1. The van der Waals surface area contributed by atoms with Crippen molar-refractivity contribution >= 4 is 45.3 Å². The predicted octanol–water partition coefficient (Wildman–Crippen LogP) is 6.22. The Labute approximate surface area is 326 Å². The van der Waals surface area contributed by atoms with E-state index in [2.05, 4.69) is 32.4 Å². The first kappa shape index (κ1) is 38.1. The quantitative estimate of drug-likeness (QED) is 0.148. The van der Waals surface area contributed by atoms with Crippen molar-refractivity contribution in [2.24, 2.45) is 18.9 Å². The molecule has 5 aromatic rings. The average molecular weight is 781 g/mol. The Kier molecular flexibility index (Phi) is 10.5. The van der Waals surface area contributed by atoms with Crippen molar-refractivity contribution in [2.75, 3.05) is 25.0 Å². The number of imide groups is 1. The highest BCUT2D eigenvalue weighted by molar-refractivity contribution is 6.04. The molecule has 0 bridgehead atoms. The number of aromatic nitrogens is 5. The third kappa shape index (κ3) is 8.09. The molecule has 2 saturated heterocycles. The lowest BCUT2D eigenvalue weighted by molar-refractivity contribution is -0.141. The number of carbonyl (C=O) groups excluding carboxylic acids is 3. The number of hydrogen-bond donors (Lipinski definition) is 2. The summed E-state index contributed by atoms with van der Waals surface area (Å²) in [5.74, 6) is 6.47. The molecule has 0 radical (unpaired) electrons. The zero-order valence-corrected chi connectivity index (χ0v) is 31.5. The lowest BCUT2D eigenvalue weighted by atomic mass is 9.78. The van der Waals surface area contributed by atoms with Crippen LogP contribution in [0.4, 0.5) is 18.9 Å². The van der Waals surface area contributed by atoms with Crippen LogP contribution >= 0.6 is 0 Å². The van der Waals surface area contributed by atoms with Gasteiger partial charge in [0, 0.05) is 30.7 Å². The van der Waals surface area contributed by atoms with Crippen molar-refractivity contribution < 1.29 is 27.6 Å². The van der Waals surface area contributed by atoms with Gasteiger partial charge in [0.2, 0.25) is 11.8 Å². The van der Waals surface area contributed by atoms with Gasteiger partial charge in [0.1, 0.15) is 17.4 Å². The van der Waals surface area contributed by atoms with E-state index in [-0.39, 0.29) is 36.2 Å². The predicted molar refractivity (Wildman–Crippen MR) is 207 cm³/mol. The van der Waals surface area contributed by atoms with Gasteiger partial charge in [-0.2, -0.15) is 18.3 Å². The standard InChI is InChI=1S/C42H43F3N8O4/c1-50-38-28(5-2-8-34(38)53(41(50)57)35-16-17-37(54)48-40(35)56)6-4-20-51-21-18-27(19-22-51)23-26-10-13-31(14-11-26)52-25-29-24-30(12-15-32(29)49-52)46-39(55)33-7-3-9-36(47-33)42(43,44)45/h2-3,5,7-9,12,15,24-27,31,35H,10-11,13-14,16-23H2,1H3,(H,46,55)(H,48,54,56)/t26-,31-,35?. The van der Waals surface area contributed by atoms with E-state index in [1.807, 2.05) is 29.1 Å². The second-order valence-corrected chi connectivity index (χ2v) is 15.5. The van der Waals surface area contributed by atoms with Crippen molar-refractivity contribution in [1.29, 1.82) is 0 Å². The molecule has 1 saturated carbocycles. The number of piperidine rings is 2. The number of anilines is 1. The number of aryl methyl sites for hydroxylation is 1. The molecule has 2 N–H and O–H groups in total. The molecule has 8 rings (SSSR count). The van der Waals surface area contributed by atoms with E-state index in [4.69, 9.17) is 5.10 Å². The molecule has 2 aromatic carbocycles. The van der Waals surface area contributed by atoms with Gasteiger partial charge in [0.25, 0.3) is 5.91 Å². The molecule has 15 heteroatoms. The number of carbonyl (C=O) groups is 3. The number of para-hydroxylation sites is 1. The van der Waals surface area contributed by atoms with Crippen molar-refractivity contribution in [3.8, 4) is 11.8 Å². The normalized spacial score (nSPS) is 21.0. The molecule has 3 aromatic heterocycles. The summed E-state index contributed by atoms with van der Waals surface area (Å²) >= 11 is 0. The number of rotatable bonds is 7. The Morgan fingerprint density at radius 1 is 0.947 bits per heavy atom. The van der Waals surface area contributed by atoms with Crippen molar-refractivity contribution in [1.82, 2.24) is 34.1 Å². The molecular weight excluding hydrogens is 738 g/mol. The smallest absolute Gasteiger partial charge is 0.321 e. The Bertz CT molecular complexity index is 2480. The van der Waals surface area contributed by atoms with E-state index in [0.29, 0.717) is 35.1 Å². The van der Waals surface area contributed by atoms with Crippen LogP contribution in [0.3, 0.4) is 0 Å². The minimum absolute atomic E-state index is 0.190. The maximum atomic E-state index is 13.2. The van der Waals surface area contributed by atoms with Gasteiger partial charge in [-0.05, 0) is 119 Å². The van der Waals surface area contributed by atoms with Crippen molar-refractivity contribution in [3.63, 3.8) is 0 Å². The minimum Gasteiger partial charge on any atom is -0.321 e. The number of benzene rings is 2. The zero-order chi connectivity index (χ0) is 39.8. The fourth-order valence-corrected chi connectivity index (χ4v) is 8.74. The van der Waals surface area contributed by atoms with E-state index in [9.17, 15) is 32.3 Å². The first-order valence-electron chi connectivity index (χ1n) is 19.5. The van der Waals surface area contributed by atoms with Crippen molar-refractivity contribution in [2.45, 2.75) is 76.0 Å². The Morgan fingerprint density at radius 3 is 2.46 bits per heavy atom. The number of nitrogens with zero attached hydrogens (tertiary/aromatic N) is 6. The summed E-state index contributed by atoms with van der Waals surface area (Å²) in [6, 6.07) is 13.6. The molecule has 296 valence electrons. The Morgan fingerprint density at radius 2 is 1.70 bits per heavy atom. The lowest BCUT2D eigenvalue weighted by Gasteiger charge is -2.35. The monoisotopic (exact) mass is 780 g/mol. The van der Waals surface area contributed by atoms with E-state index < -0.39 is 29.7 Å². The molecular formula is C42H43F3N8O4. The maximum absolute atomic E-state index is 13.2. The molecule has 1 atom stereocenters. The number of likely N-dealkylation sites (tertiary alicyclic amines) is 1. The van der Waals surface area contributed by atoms with Crippen LogP contribution in [0, 0.1) is 23.7 Å². The highest BCUT2D eigenvalue weighted by atomic mass is 19.4. The van der Waals surface area contributed by atoms with Gasteiger partial charge in [-0.15, -0.1) is 0 Å². The Balaban J connectivity index is 0.811. The van der Waals surface area contributed by atoms with Gasteiger partial charge in [-0.25, -0.2) is 9.78 Å². The zero-order valence-electron chi connectivity index (χ0n) is 31.5. The summed E-state index contributed by atoms with van der Waals surface area (Å²) in [6.45, 7) is 2.61. The van der Waals surface area contributed by atoms with Gasteiger partial charge in [-0.3, -0.25) is 38.4 Å². The third-order valence-electron chi connectivity index (χ3n) is 11.8. The second-order valence-electron chi connectivity index (χ2n) is 15.5. The lowest BCUT2D eigenvalue weighted by Crippen LogP contribution is -2.44. The number of hydrogen-bond acceptors (Lipinski definition) is 7. The molecule has 12 nitrogen and oxygen atoms in total. The van der Waals surface area contributed by atoms with Crippen LogP contribution in [0.5, 0.6) is 0 Å². The summed E-state index contributed by atoms with van der Waals surface area (Å²) in [5, 5.41) is 10.7. The molecule has 57 heavy (non-hydrogen) atoms. The molecule has 1 aliphatic carbocycles. The van der Waals surface area contributed by atoms with Gasteiger partial charge in [0.05, 0.1) is 34.7 Å². The topological polar surface area (TPSA) is 136 Å². The van der Waals surface area contributed by atoms with Crippen molar-refractivity contribution in [3.05, 3.63) is 88.2 Å². The molecule has 1 unspecified atom stereocenters. The number of alkyl halides is 3. The van der Waals surface area contributed by atoms with E-state index in [0.717, 1.165) is 74.1 Å². The minimum atomic E-state index is -4.64. The number of amides is 3. The van der Waals surface area contributed by atoms with Crippen LogP contribution in [-0.2, 0) is 22.8 Å². The Hall–Kier alpha value is -5.75. The largest absolute Gasteiger partial charge is 0.433 e. The van der Waals surface area contributed by atoms with Gasteiger partial charge in [0.15, 0.2) is 0 Å². The highest BCUT2D eigenvalue weighted by Crippen LogP contribution is 2.38. The first-order valence-corrected chi connectivity index (χ1v) is 19.5. The summed E-state index contributed by atoms with van der Waals surface area (Å²) in [5.41, 5.74) is 1.56. The summed E-state index contributed by atoms with van der Waals surface area (Å²) < 4.78 is 44.3. The molecule has 3 fully saturated rings. The van der Waals surface area contributed by atoms with Crippen LogP contribution in [0.2, 0.25) is 0 Å². The van der Waals surface area contributed by atoms with E-state index in [1.165, 1.54) is 27.7 Å². The maximum Gasteiger partial charge on any atom is 0.433 e. The van der Waals surface area contributed by atoms with Gasteiger partial charge in [-0.1, -0.05) is 24.0 Å². The fourth-order valence-electron chi connectivity index (χ4n) is 8.74. The SMILES string of the molecule is Cn1c(=O)n(C2CCC(=O)NC2=O)c2cccc(C#CCN3CCC(C[C@H]4CC[C@H](n5cc6cc(NC(=O)c7cccc(C(F)(F)F)n7)ccc6n5)CC4)CC3)c21. The molecule has 3 aliphatic rings. The van der Waals surface area contributed by atoms with E-state index in [1.54, 1.807) is 25.2 Å². The van der Waals surface area contributed by atoms with Crippen LogP contribution in [-0.4, -0.2) is 66.2 Å². The van der Waals surface area contributed by atoms with E-state index >= 15 is 0 Å². The number of halogens is 3. The molecule has 0 spiro atoms. The van der Waals surface area contributed by atoms with Crippen LogP contribution < -0.4 is 16.3 Å². The number of fused-ring (bicyclic) bond motifs is 2. The average Bonchev–Trinajstić information content (AvgIpc) is 3.73. The first-order chi connectivity index (χ1) is 27.4.